The second-order valence-corrected chi connectivity index (χ2v) is 7.96. The van der Waals surface area contributed by atoms with Crippen molar-refractivity contribution in [3.05, 3.63) is 0 Å². The molecule has 12 heteroatoms. The van der Waals surface area contributed by atoms with Gasteiger partial charge in [0.05, 0.1) is 0 Å². The van der Waals surface area contributed by atoms with Gasteiger partial charge in [-0.1, -0.05) is 0 Å². The summed E-state index contributed by atoms with van der Waals surface area (Å²) < 4.78 is 0. The van der Waals surface area contributed by atoms with Gasteiger partial charge in [-0.05, 0) is 0 Å². The van der Waals surface area contributed by atoms with Gasteiger partial charge in [0.1, 0.15) is 0 Å². The van der Waals surface area contributed by atoms with Crippen LogP contribution in [0.25, 0.3) is 0 Å². The molecule has 0 saturated carbocycles. The summed E-state index contributed by atoms with van der Waals surface area (Å²) in [5, 5.41) is 0. The van der Waals surface area contributed by atoms with Crippen LogP contribution in [-0.4, -0.2) is 0 Å². The van der Waals surface area contributed by atoms with Gasteiger partial charge in [0.15, 0.2) is 0 Å². The van der Waals surface area contributed by atoms with Gasteiger partial charge in [0.25, 0.3) is 0 Å². The third kappa shape index (κ3) is 128. The molecular formula is Cl9Re3. The molecule has 0 bridgehead atoms. The molecule has 0 saturated heterocycles. The van der Waals surface area contributed by atoms with E-state index in [2.05, 4.69) is 43.4 Å². The molecule has 0 aliphatic rings. The van der Waals surface area contributed by atoms with Crippen molar-refractivity contribution in [1.29, 1.82) is 0 Å². The molecule has 0 aliphatic heterocycles. The topological polar surface area (TPSA) is 0 Å². The van der Waals surface area contributed by atoms with Gasteiger partial charge in [-0.15, -0.1) is 0 Å². The molecule has 0 unspecified atom stereocenters. The molecule has 0 spiro atoms. The monoisotopic (exact) mass is 876 g/mol. The van der Waals surface area contributed by atoms with E-state index in [0.717, 1.165) is 0 Å². The van der Waals surface area contributed by atoms with Gasteiger partial charge in [0, 0.05) is 43.4 Å². The fourth-order valence-corrected chi connectivity index (χ4v) is 0. The molecule has 0 heterocycles. The van der Waals surface area contributed by atoms with Crippen molar-refractivity contribution >= 4 is 91.1 Å². The van der Waals surface area contributed by atoms with Crippen LogP contribution in [0.3, 0.4) is 0 Å². The average Bonchev–Trinajstić information content (AvgIpc) is 2.16. The van der Waals surface area contributed by atoms with E-state index in [4.69, 9.17) is 47.6 Å². The molecule has 0 aromatic carbocycles. The van der Waals surface area contributed by atoms with Crippen molar-refractivity contribution in [2.24, 2.45) is 0 Å². The van der Waals surface area contributed by atoms with Crippen molar-refractivity contribution in [2.75, 3.05) is 0 Å². The van der Waals surface area contributed by atoms with Crippen LogP contribution in [0.4, 0.5) is 0 Å². The third-order valence-corrected chi connectivity index (χ3v) is 0. The van der Waals surface area contributed by atoms with E-state index in [1.165, 1.54) is 18.2 Å². The standard InChI is InChI=1S/2Cl2.5ClH.3Re/c2*1-2;;;;;;;;/h;;5*1H;;;/q;;;;;;;+1;2*+2/p-5. The summed E-state index contributed by atoms with van der Waals surface area (Å²) in [5.74, 6) is 0. The molecular weight excluding hydrogens is 878 g/mol. The van der Waals surface area contributed by atoms with Crippen molar-refractivity contribution in [1.82, 2.24) is 0 Å². The van der Waals surface area contributed by atoms with Gasteiger partial charge < -0.3 is 0 Å². The number of hydrogen-bond acceptors (Lipinski definition) is 0. The molecule has 12 heavy (non-hydrogen) atoms. The molecule has 0 rings (SSSR count). The first kappa shape index (κ1) is 30.0. The normalized spacial score (nSPS) is 4.50. The second-order valence-electron chi connectivity index (χ2n) is 0.108. The zero-order chi connectivity index (χ0) is 11.4. The molecule has 84 valence electrons. The molecule has 0 radical (unpaired) electrons. The maximum absolute atomic E-state index is 4.92. The minimum atomic E-state index is -0.722. The summed E-state index contributed by atoms with van der Waals surface area (Å²) in [6.45, 7) is 0. The Morgan fingerprint density at radius 2 is 0.583 bits per heavy atom. The van der Waals surface area contributed by atoms with Gasteiger partial charge in [0.2, 0.25) is 0 Å². The zero-order valence-corrected chi connectivity index (χ0v) is 19.5. The van der Waals surface area contributed by atoms with E-state index in [9.17, 15) is 0 Å². The Morgan fingerprint density at radius 1 is 0.583 bits per heavy atom. The predicted molar refractivity (Wildman–Crippen MR) is 52.7 cm³/mol. The van der Waals surface area contributed by atoms with Crippen LogP contribution in [0.1, 0.15) is 0 Å². The molecule has 0 aromatic rings. The number of halogens is 9. The Labute approximate surface area is 138 Å². The summed E-state index contributed by atoms with van der Waals surface area (Å²) in [4.78, 5) is 0. The summed E-state index contributed by atoms with van der Waals surface area (Å²) in [7, 11) is 40.8. The Balaban J connectivity index is -0.0000000174. The minimum absolute atomic E-state index is 0.722. The summed E-state index contributed by atoms with van der Waals surface area (Å²) in [5.41, 5.74) is 0. The first-order chi connectivity index (χ1) is 5.83. The Bertz CT molecular complexity index is 11.7. The van der Waals surface area contributed by atoms with Crippen LogP contribution < -0.4 is 0 Å². The van der Waals surface area contributed by atoms with Crippen molar-refractivity contribution in [3.63, 3.8) is 0 Å². The van der Waals surface area contributed by atoms with Crippen LogP contribution in [0.2, 0.25) is 0 Å². The SMILES string of the molecule is ClCl.ClCl.[Cl][Re].[Cl][Re][Cl].[Cl][Re][Cl]. The Hall–Kier alpha value is 4.60. The van der Waals surface area contributed by atoms with E-state index in [1.807, 2.05) is 0 Å². The van der Waals surface area contributed by atoms with Crippen molar-refractivity contribution in [3.8, 4) is 0 Å². The van der Waals surface area contributed by atoms with Crippen molar-refractivity contribution < 1.29 is 50.1 Å². The van der Waals surface area contributed by atoms with E-state index < -0.39 is 31.9 Å². The fourth-order valence-electron chi connectivity index (χ4n) is 0. The van der Waals surface area contributed by atoms with E-state index in [0.29, 0.717) is 0 Å². The molecule has 0 amide bonds. The second kappa shape index (κ2) is 76.4. The fraction of sp³-hybridized carbons (Fsp3) is 0. The quantitative estimate of drug-likeness (QED) is 0.273. The molecule has 0 aromatic heterocycles. The van der Waals surface area contributed by atoms with Gasteiger partial charge in [-0.3, -0.25) is 0 Å². The Morgan fingerprint density at radius 3 is 0.583 bits per heavy atom. The number of rotatable bonds is 0. The third-order valence-electron chi connectivity index (χ3n) is 0. The first-order valence-corrected chi connectivity index (χ1v) is 20.1. The van der Waals surface area contributed by atoms with Crippen LogP contribution in [0.5, 0.6) is 0 Å². The van der Waals surface area contributed by atoms with Gasteiger partial charge in [-0.2, -0.15) is 0 Å². The molecule has 0 aliphatic carbocycles. The van der Waals surface area contributed by atoms with E-state index in [1.54, 1.807) is 0 Å². The van der Waals surface area contributed by atoms with Gasteiger partial charge in [-0.25, -0.2) is 0 Å². The molecule has 0 nitrogen and oxygen atoms in total. The Kier molecular flexibility index (Phi) is 191. The predicted octanol–water partition coefficient (Wildman–Crippen LogP) is 6.20. The maximum atomic E-state index is 4.92. The van der Waals surface area contributed by atoms with Crippen LogP contribution >= 0.6 is 91.1 Å². The molecule has 0 atom stereocenters. The van der Waals surface area contributed by atoms with Gasteiger partial charge >= 0.3 is 97.7 Å². The van der Waals surface area contributed by atoms with E-state index in [-0.39, 0.29) is 0 Å². The molecule has 0 N–H and O–H groups in total. The molecule has 0 fully saturated rings. The van der Waals surface area contributed by atoms with Crippen LogP contribution in [0.15, 0.2) is 0 Å². The van der Waals surface area contributed by atoms with Crippen LogP contribution in [0, 0.1) is 0 Å². The average molecular weight is 878 g/mol. The van der Waals surface area contributed by atoms with E-state index >= 15 is 0 Å². The number of hydrogen-bond donors (Lipinski definition) is 0. The summed E-state index contributed by atoms with van der Waals surface area (Å²) in [6, 6.07) is 0. The first-order valence-electron chi connectivity index (χ1n) is 1.000. The summed E-state index contributed by atoms with van der Waals surface area (Å²) >= 11 is -0.250. The summed E-state index contributed by atoms with van der Waals surface area (Å²) in [6.07, 6.45) is 0. The van der Waals surface area contributed by atoms with Crippen LogP contribution in [-0.2, 0) is 50.1 Å². The van der Waals surface area contributed by atoms with Crippen molar-refractivity contribution in [2.45, 2.75) is 0 Å². The zero-order valence-electron chi connectivity index (χ0n) is 4.54.